The molecule has 0 radical (unpaired) electrons. The zero-order chi connectivity index (χ0) is 14.4. The molecule has 18 heavy (non-hydrogen) atoms. The number of carboxylic acids is 1. The highest BCUT2D eigenvalue weighted by Gasteiger charge is 2.58. The molecular weight excluding hydrogens is 230 g/mol. The van der Waals surface area contributed by atoms with Gasteiger partial charge >= 0.3 is 5.97 Å². The van der Waals surface area contributed by atoms with E-state index in [-0.39, 0.29) is 17.4 Å². The van der Waals surface area contributed by atoms with Gasteiger partial charge in [-0.1, -0.05) is 13.8 Å². The van der Waals surface area contributed by atoms with Crippen LogP contribution in [0.1, 0.15) is 54.4 Å². The van der Waals surface area contributed by atoms with Crippen LogP contribution in [0.5, 0.6) is 0 Å². The van der Waals surface area contributed by atoms with Gasteiger partial charge in [-0.3, -0.25) is 9.59 Å². The van der Waals surface area contributed by atoms with E-state index in [2.05, 4.69) is 5.32 Å². The third-order valence-electron chi connectivity index (χ3n) is 4.51. The first-order valence-corrected chi connectivity index (χ1v) is 6.47. The Kier molecular flexibility index (Phi) is 3.54. The van der Waals surface area contributed by atoms with Gasteiger partial charge in [-0.25, -0.2) is 0 Å². The molecule has 0 aromatic rings. The van der Waals surface area contributed by atoms with E-state index in [0.29, 0.717) is 12.8 Å². The Hall–Kier alpha value is -1.06. The Morgan fingerprint density at radius 2 is 1.72 bits per heavy atom. The molecule has 0 saturated heterocycles. The molecule has 1 amide bonds. The zero-order valence-corrected chi connectivity index (χ0v) is 12.3. The molecule has 0 aromatic carbocycles. The summed E-state index contributed by atoms with van der Waals surface area (Å²) in [7, 11) is 0. The summed E-state index contributed by atoms with van der Waals surface area (Å²) in [4.78, 5) is 23.7. The van der Waals surface area contributed by atoms with Gasteiger partial charge in [-0.2, -0.15) is 0 Å². The van der Waals surface area contributed by atoms with Gasteiger partial charge in [0.1, 0.15) is 0 Å². The largest absolute Gasteiger partial charge is 0.481 e. The number of carbonyl (C=O) groups is 2. The minimum atomic E-state index is -0.826. The van der Waals surface area contributed by atoms with Crippen molar-refractivity contribution in [1.29, 1.82) is 0 Å². The van der Waals surface area contributed by atoms with Crippen molar-refractivity contribution in [2.45, 2.75) is 59.9 Å². The Morgan fingerprint density at radius 1 is 1.22 bits per heavy atom. The molecule has 1 aliphatic rings. The average Bonchev–Trinajstić information content (AvgIpc) is 2.36. The molecule has 104 valence electrons. The van der Waals surface area contributed by atoms with Crippen LogP contribution < -0.4 is 5.32 Å². The van der Waals surface area contributed by atoms with Crippen LogP contribution in [0.3, 0.4) is 0 Å². The van der Waals surface area contributed by atoms with Crippen LogP contribution in [-0.4, -0.2) is 22.5 Å². The number of amides is 1. The molecule has 0 spiro atoms. The standard InChI is InChI=1S/C14H25NO3/c1-12(2,3)15-10(16)9-7-8-14(6,11(17)18)13(9,4)5/h9H,7-8H2,1-6H3,(H,15,16)(H,17,18)/t9-,14-/m0/s1. The Balaban J connectivity index is 2.95. The fourth-order valence-corrected chi connectivity index (χ4v) is 2.80. The normalized spacial score (nSPS) is 31.1. The lowest BCUT2D eigenvalue weighted by Crippen LogP contribution is -2.49. The minimum absolute atomic E-state index is 0.0301. The van der Waals surface area contributed by atoms with Crippen LogP contribution in [0.15, 0.2) is 0 Å². The molecule has 1 rings (SSSR count). The van der Waals surface area contributed by atoms with Crippen LogP contribution in [-0.2, 0) is 9.59 Å². The lowest BCUT2D eigenvalue weighted by atomic mass is 9.65. The molecule has 4 heteroatoms. The number of rotatable bonds is 2. The third kappa shape index (κ3) is 2.38. The fourth-order valence-electron chi connectivity index (χ4n) is 2.80. The number of hydrogen-bond donors (Lipinski definition) is 2. The lowest BCUT2D eigenvalue weighted by molar-refractivity contribution is -0.155. The summed E-state index contributed by atoms with van der Waals surface area (Å²) in [6.45, 7) is 11.3. The van der Waals surface area contributed by atoms with Crippen LogP contribution in [0.25, 0.3) is 0 Å². The number of nitrogens with one attached hydrogen (secondary N) is 1. The van der Waals surface area contributed by atoms with Gasteiger partial charge in [0.25, 0.3) is 0 Å². The van der Waals surface area contributed by atoms with Crippen molar-refractivity contribution in [2.24, 2.45) is 16.7 Å². The molecule has 0 heterocycles. The summed E-state index contributed by atoms with van der Waals surface area (Å²) in [6, 6.07) is 0. The third-order valence-corrected chi connectivity index (χ3v) is 4.51. The summed E-state index contributed by atoms with van der Waals surface area (Å²) >= 11 is 0. The van der Waals surface area contributed by atoms with Crippen molar-refractivity contribution in [1.82, 2.24) is 5.32 Å². The molecule has 0 aliphatic heterocycles. The number of hydrogen-bond acceptors (Lipinski definition) is 2. The van der Waals surface area contributed by atoms with Crippen molar-refractivity contribution >= 4 is 11.9 Å². The van der Waals surface area contributed by atoms with Gasteiger partial charge < -0.3 is 10.4 Å². The van der Waals surface area contributed by atoms with E-state index >= 15 is 0 Å². The highest BCUT2D eigenvalue weighted by atomic mass is 16.4. The molecule has 1 aliphatic carbocycles. The summed E-state index contributed by atoms with van der Waals surface area (Å²) in [6.07, 6.45) is 1.19. The van der Waals surface area contributed by atoms with Gasteiger partial charge in [0.05, 0.1) is 5.41 Å². The van der Waals surface area contributed by atoms with E-state index in [9.17, 15) is 14.7 Å². The molecule has 0 bridgehead atoms. The summed E-state index contributed by atoms with van der Waals surface area (Å²) in [5.41, 5.74) is -1.64. The highest BCUT2D eigenvalue weighted by molar-refractivity contribution is 5.84. The SMILES string of the molecule is CC(C)(C)NC(=O)[C@@H]1CC[C@@](C)(C(=O)O)C1(C)C. The van der Waals surface area contributed by atoms with Crippen molar-refractivity contribution in [3.05, 3.63) is 0 Å². The second kappa shape index (κ2) is 4.25. The number of aliphatic carboxylic acids is 1. The maximum Gasteiger partial charge on any atom is 0.309 e. The Morgan fingerprint density at radius 3 is 2.06 bits per heavy atom. The quantitative estimate of drug-likeness (QED) is 0.796. The Labute approximate surface area is 109 Å². The molecular formula is C14H25NO3. The van der Waals surface area contributed by atoms with E-state index in [4.69, 9.17) is 0 Å². The maximum absolute atomic E-state index is 12.3. The van der Waals surface area contributed by atoms with Gasteiger partial charge in [-0.05, 0) is 46.0 Å². The molecule has 4 nitrogen and oxygen atoms in total. The first-order chi connectivity index (χ1) is 7.92. The van der Waals surface area contributed by atoms with Gasteiger partial charge in [-0.15, -0.1) is 0 Å². The fraction of sp³-hybridized carbons (Fsp3) is 0.857. The van der Waals surface area contributed by atoms with E-state index in [1.165, 1.54) is 0 Å². The molecule has 2 atom stereocenters. The van der Waals surface area contributed by atoms with E-state index < -0.39 is 16.8 Å². The van der Waals surface area contributed by atoms with Gasteiger partial charge in [0.15, 0.2) is 0 Å². The predicted octanol–water partition coefficient (Wildman–Crippen LogP) is 2.43. The first-order valence-electron chi connectivity index (χ1n) is 6.47. The first kappa shape index (κ1) is 15.0. The molecule has 2 N–H and O–H groups in total. The van der Waals surface area contributed by atoms with Crippen LogP contribution in [0, 0.1) is 16.7 Å². The van der Waals surface area contributed by atoms with E-state index in [1.54, 1.807) is 6.92 Å². The van der Waals surface area contributed by atoms with Gasteiger partial charge in [0, 0.05) is 11.5 Å². The van der Waals surface area contributed by atoms with Crippen LogP contribution >= 0.6 is 0 Å². The van der Waals surface area contributed by atoms with Gasteiger partial charge in [0.2, 0.25) is 5.91 Å². The lowest BCUT2D eigenvalue weighted by Gasteiger charge is -2.38. The molecule has 1 saturated carbocycles. The minimum Gasteiger partial charge on any atom is -0.481 e. The van der Waals surface area contributed by atoms with E-state index in [0.717, 1.165) is 0 Å². The highest BCUT2D eigenvalue weighted by Crippen LogP contribution is 2.56. The van der Waals surface area contributed by atoms with Crippen molar-refractivity contribution < 1.29 is 14.7 Å². The van der Waals surface area contributed by atoms with E-state index in [1.807, 2.05) is 34.6 Å². The van der Waals surface area contributed by atoms with Crippen molar-refractivity contribution in [3.63, 3.8) is 0 Å². The van der Waals surface area contributed by atoms with Crippen molar-refractivity contribution in [2.75, 3.05) is 0 Å². The topological polar surface area (TPSA) is 66.4 Å². The maximum atomic E-state index is 12.3. The van der Waals surface area contributed by atoms with Crippen LogP contribution in [0.4, 0.5) is 0 Å². The second-order valence-corrected chi connectivity index (χ2v) is 7.19. The number of carboxylic acid groups (broad SMARTS) is 1. The van der Waals surface area contributed by atoms with Crippen LogP contribution in [0.2, 0.25) is 0 Å². The smallest absolute Gasteiger partial charge is 0.309 e. The van der Waals surface area contributed by atoms with Crippen molar-refractivity contribution in [3.8, 4) is 0 Å². The molecule has 0 aromatic heterocycles. The summed E-state index contributed by atoms with van der Waals surface area (Å²) in [5.74, 6) is -1.08. The zero-order valence-electron chi connectivity index (χ0n) is 12.3. The monoisotopic (exact) mass is 255 g/mol. The number of carbonyl (C=O) groups excluding carboxylic acids is 1. The second-order valence-electron chi connectivity index (χ2n) is 7.19. The summed E-state index contributed by atoms with van der Waals surface area (Å²) < 4.78 is 0. The summed E-state index contributed by atoms with van der Waals surface area (Å²) in [5, 5.41) is 12.4. The molecule has 0 unspecified atom stereocenters. The molecule has 1 fully saturated rings. The average molecular weight is 255 g/mol. The Bertz CT molecular complexity index is 368. The predicted molar refractivity (Wildman–Crippen MR) is 70.1 cm³/mol.